The van der Waals surface area contributed by atoms with Gasteiger partial charge in [0.15, 0.2) is 0 Å². The van der Waals surface area contributed by atoms with Gasteiger partial charge < -0.3 is 14.8 Å². The minimum atomic E-state index is 0.143. The van der Waals surface area contributed by atoms with E-state index in [4.69, 9.17) is 21.1 Å². The monoisotopic (exact) mass is 297 g/mol. The smallest absolute Gasteiger partial charge is 0.122 e. The molecular weight excluding hydrogens is 274 g/mol. The molecule has 1 aliphatic rings. The van der Waals surface area contributed by atoms with Gasteiger partial charge in [0.1, 0.15) is 5.75 Å². The predicted molar refractivity (Wildman–Crippen MR) is 82.9 cm³/mol. The van der Waals surface area contributed by atoms with E-state index >= 15 is 0 Å². The summed E-state index contributed by atoms with van der Waals surface area (Å²) >= 11 is 6.20. The summed E-state index contributed by atoms with van der Waals surface area (Å²) in [4.78, 5) is 0. The second-order valence-electron chi connectivity index (χ2n) is 5.50. The first-order valence-electron chi connectivity index (χ1n) is 7.25. The second kappa shape index (κ2) is 7.30. The lowest BCUT2D eigenvalue weighted by Crippen LogP contribution is -2.37. The minimum Gasteiger partial charge on any atom is -0.496 e. The maximum absolute atomic E-state index is 6.20. The molecule has 0 bridgehead atoms. The molecule has 0 atom stereocenters. The Labute approximate surface area is 126 Å². The summed E-state index contributed by atoms with van der Waals surface area (Å²) < 4.78 is 10.7. The zero-order valence-corrected chi connectivity index (χ0v) is 13.1. The highest BCUT2D eigenvalue weighted by Crippen LogP contribution is 2.45. The third kappa shape index (κ3) is 3.46. The predicted octanol–water partition coefficient (Wildman–Crippen LogP) is 3.40. The van der Waals surface area contributed by atoms with Crippen molar-refractivity contribution in [2.24, 2.45) is 0 Å². The minimum absolute atomic E-state index is 0.143. The Morgan fingerprint density at radius 1 is 1.25 bits per heavy atom. The van der Waals surface area contributed by atoms with Crippen molar-refractivity contribution in [1.29, 1.82) is 0 Å². The molecule has 1 aromatic rings. The van der Waals surface area contributed by atoms with Crippen molar-refractivity contribution in [2.45, 2.75) is 31.1 Å². The Balaban J connectivity index is 2.21. The normalized spacial score (nSPS) is 17.4. The summed E-state index contributed by atoms with van der Waals surface area (Å²) in [6, 6.07) is 5.95. The number of rotatable bonds is 7. The SMILES string of the molecule is COCCNCC1(c2cc(Cl)ccc2OC)CCCC1. The Hall–Kier alpha value is -0.770. The molecule has 112 valence electrons. The first-order valence-corrected chi connectivity index (χ1v) is 7.63. The van der Waals surface area contributed by atoms with Crippen LogP contribution in [0.1, 0.15) is 31.2 Å². The fourth-order valence-electron chi connectivity index (χ4n) is 3.19. The maximum Gasteiger partial charge on any atom is 0.122 e. The summed E-state index contributed by atoms with van der Waals surface area (Å²) in [5.74, 6) is 0.949. The molecule has 1 N–H and O–H groups in total. The van der Waals surface area contributed by atoms with Crippen molar-refractivity contribution in [3.63, 3.8) is 0 Å². The molecule has 20 heavy (non-hydrogen) atoms. The van der Waals surface area contributed by atoms with Crippen LogP contribution in [0.3, 0.4) is 0 Å². The van der Waals surface area contributed by atoms with Gasteiger partial charge in [-0.2, -0.15) is 0 Å². The second-order valence-corrected chi connectivity index (χ2v) is 5.94. The zero-order valence-electron chi connectivity index (χ0n) is 12.4. The van der Waals surface area contributed by atoms with Gasteiger partial charge in [-0.3, -0.25) is 0 Å². The lowest BCUT2D eigenvalue weighted by atomic mass is 9.78. The Bertz CT molecular complexity index is 430. The topological polar surface area (TPSA) is 30.5 Å². The van der Waals surface area contributed by atoms with Gasteiger partial charge in [0, 0.05) is 36.2 Å². The highest BCUT2D eigenvalue weighted by Gasteiger charge is 2.37. The first kappa shape index (κ1) is 15.6. The summed E-state index contributed by atoms with van der Waals surface area (Å²) in [6.45, 7) is 2.57. The molecule has 3 nitrogen and oxygen atoms in total. The Morgan fingerprint density at radius 3 is 2.65 bits per heavy atom. The van der Waals surface area contributed by atoms with Gasteiger partial charge in [-0.1, -0.05) is 24.4 Å². The van der Waals surface area contributed by atoms with Crippen molar-refractivity contribution in [1.82, 2.24) is 5.32 Å². The molecule has 0 saturated heterocycles. The maximum atomic E-state index is 6.20. The molecule has 1 aliphatic carbocycles. The summed E-state index contributed by atoms with van der Waals surface area (Å²) in [5.41, 5.74) is 1.39. The third-order valence-electron chi connectivity index (χ3n) is 4.24. The molecule has 2 rings (SSSR count). The van der Waals surface area contributed by atoms with Gasteiger partial charge in [-0.25, -0.2) is 0 Å². The molecule has 0 spiro atoms. The Morgan fingerprint density at radius 2 is 2.00 bits per heavy atom. The summed E-state index contributed by atoms with van der Waals surface area (Å²) in [7, 11) is 3.46. The van der Waals surface area contributed by atoms with Crippen molar-refractivity contribution in [3.8, 4) is 5.75 Å². The number of hydrogen-bond donors (Lipinski definition) is 1. The van der Waals surface area contributed by atoms with E-state index in [1.165, 1.54) is 31.2 Å². The van der Waals surface area contributed by atoms with E-state index in [1.807, 2.05) is 12.1 Å². The molecule has 1 aromatic carbocycles. The molecule has 0 amide bonds. The van der Waals surface area contributed by atoms with Crippen LogP contribution in [-0.2, 0) is 10.2 Å². The number of hydrogen-bond acceptors (Lipinski definition) is 3. The van der Waals surface area contributed by atoms with Gasteiger partial charge in [0.2, 0.25) is 0 Å². The Kier molecular flexibility index (Phi) is 5.70. The molecule has 0 heterocycles. The van der Waals surface area contributed by atoms with Crippen molar-refractivity contribution in [2.75, 3.05) is 33.9 Å². The van der Waals surface area contributed by atoms with Crippen LogP contribution >= 0.6 is 11.6 Å². The van der Waals surface area contributed by atoms with Gasteiger partial charge in [0.25, 0.3) is 0 Å². The van der Waals surface area contributed by atoms with Crippen LogP contribution in [0.25, 0.3) is 0 Å². The third-order valence-corrected chi connectivity index (χ3v) is 4.47. The lowest BCUT2D eigenvalue weighted by molar-refractivity contribution is 0.196. The van der Waals surface area contributed by atoms with Crippen molar-refractivity contribution < 1.29 is 9.47 Å². The molecule has 4 heteroatoms. The van der Waals surface area contributed by atoms with E-state index in [-0.39, 0.29) is 5.41 Å². The van der Waals surface area contributed by atoms with Crippen molar-refractivity contribution >= 4 is 11.6 Å². The number of benzene rings is 1. The number of methoxy groups -OCH3 is 2. The molecule has 0 radical (unpaired) electrons. The highest BCUT2D eigenvalue weighted by atomic mass is 35.5. The van der Waals surface area contributed by atoms with E-state index < -0.39 is 0 Å². The average molecular weight is 298 g/mol. The van der Waals surface area contributed by atoms with Crippen LogP contribution in [0.5, 0.6) is 5.75 Å². The van der Waals surface area contributed by atoms with E-state index in [0.29, 0.717) is 0 Å². The quantitative estimate of drug-likeness (QED) is 0.783. The zero-order chi connectivity index (χ0) is 14.4. The van der Waals surface area contributed by atoms with Crippen LogP contribution in [0.4, 0.5) is 0 Å². The lowest BCUT2D eigenvalue weighted by Gasteiger charge is -2.31. The first-order chi connectivity index (χ1) is 9.72. The number of nitrogens with one attached hydrogen (secondary N) is 1. The van der Waals surface area contributed by atoms with Crippen molar-refractivity contribution in [3.05, 3.63) is 28.8 Å². The molecule has 1 saturated carbocycles. The summed E-state index contributed by atoms with van der Waals surface area (Å²) in [5, 5.41) is 4.30. The van der Waals surface area contributed by atoms with E-state index in [1.54, 1.807) is 14.2 Å². The van der Waals surface area contributed by atoms with Gasteiger partial charge in [-0.15, -0.1) is 0 Å². The number of ether oxygens (including phenoxy) is 2. The molecule has 0 aromatic heterocycles. The fraction of sp³-hybridized carbons (Fsp3) is 0.625. The van der Waals surface area contributed by atoms with Gasteiger partial charge in [-0.05, 0) is 31.0 Å². The fourth-order valence-corrected chi connectivity index (χ4v) is 3.36. The molecule has 0 unspecified atom stereocenters. The van der Waals surface area contributed by atoms with E-state index in [2.05, 4.69) is 11.4 Å². The van der Waals surface area contributed by atoms with Crippen LogP contribution in [0.2, 0.25) is 5.02 Å². The molecule has 0 aliphatic heterocycles. The van der Waals surface area contributed by atoms with Gasteiger partial charge >= 0.3 is 0 Å². The van der Waals surface area contributed by atoms with Crippen LogP contribution in [-0.4, -0.2) is 33.9 Å². The van der Waals surface area contributed by atoms with E-state index in [0.717, 1.165) is 30.5 Å². The van der Waals surface area contributed by atoms with Crippen LogP contribution in [0.15, 0.2) is 18.2 Å². The standard InChI is InChI=1S/C16H24ClNO2/c1-19-10-9-18-12-16(7-3-4-8-16)14-11-13(17)5-6-15(14)20-2/h5-6,11,18H,3-4,7-10,12H2,1-2H3. The largest absolute Gasteiger partial charge is 0.496 e. The van der Waals surface area contributed by atoms with E-state index in [9.17, 15) is 0 Å². The van der Waals surface area contributed by atoms with Crippen LogP contribution in [0, 0.1) is 0 Å². The average Bonchev–Trinajstić information content (AvgIpc) is 2.93. The number of halogens is 1. The molecule has 1 fully saturated rings. The molecular formula is C16H24ClNO2. The highest BCUT2D eigenvalue weighted by molar-refractivity contribution is 6.30. The van der Waals surface area contributed by atoms with Gasteiger partial charge in [0.05, 0.1) is 13.7 Å². The summed E-state index contributed by atoms with van der Waals surface area (Å²) in [6.07, 6.45) is 4.90. The van der Waals surface area contributed by atoms with Crippen LogP contribution < -0.4 is 10.1 Å².